The second-order valence-corrected chi connectivity index (χ2v) is 3.95. The van der Waals surface area contributed by atoms with Crippen molar-refractivity contribution in [3.63, 3.8) is 0 Å². The van der Waals surface area contributed by atoms with E-state index in [2.05, 4.69) is 10.3 Å². The van der Waals surface area contributed by atoms with Gasteiger partial charge in [-0.15, -0.1) is 0 Å². The van der Waals surface area contributed by atoms with Crippen molar-refractivity contribution in [3.05, 3.63) is 23.9 Å². The van der Waals surface area contributed by atoms with E-state index in [4.69, 9.17) is 5.11 Å². The highest BCUT2D eigenvalue weighted by molar-refractivity contribution is 5.68. The summed E-state index contributed by atoms with van der Waals surface area (Å²) >= 11 is 0. The van der Waals surface area contributed by atoms with Gasteiger partial charge in [0.15, 0.2) is 0 Å². The highest BCUT2D eigenvalue weighted by Gasteiger charge is 2.12. The fourth-order valence-corrected chi connectivity index (χ4v) is 1.55. The van der Waals surface area contributed by atoms with Gasteiger partial charge in [0.25, 0.3) is 0 Å². The maximum absolute atomic E-state index is 10.7. The van der Waals surface area contributed by atoms with Gasteiger partial charge in [-0.05, 0) is 25.0 Å². The van der Waals surface area contributed by atoms with E-state index in [1.807, 2.05) is 26.0 Å². The van der Waals surface area contributed by atoms with Crippen molar-refractivity contribution < 1.29 is 9.90 Å². The summed E-state index contributed by atoms with van der Waals surface area (Å²) in [5, 5.41) is 11.9. The number of aryl methyl sites for hydroxylation is 1. The van der Waals surface area contributed by atoms with Crippen molar-refractivity contribution in [3.8, 4) is 0 Å². The second-order valence-electron chi connectivity index (χ2n) is 3.95. The standard InChI is InChI=1S/C12H18N2O2/c1-3-4-10(7-12(15)16)14-11-6-5-9(2)8-13-11/h5-6,8,10H,3-4,7H2,1-2H3,(H,13,14)(H,15,16). The maximum atomic E-state index is 10.7. The third-order valence-corrected chi connectivity index (χ3v) is 2.32. The number of nitrogens with one attached hydrogen (secondary N) is 1. The van der Waals surface area contributed by atoms with E-state index in [1.54, 1.807) is 6.20 Å². The number of aliphatic carboxylic acids is 1. The number of hydrogen-bond donors (Lipinski definition) is 2. The average Bonchev–Trinajstić information content (AvgIpc) is 2.21. The first-order valence-electron chi connectivity index (χ1n) is 5.52. The van der Waals surface area contributed by atoms with Crippen LogP contribution in [0.2, 0.25) is 0 Å². The van der Waals surface area contributed by atoms with Crippen LogP contribution in [-0.4, -0.2) is 22.1 Å². The zero-order valence-corrected chi connectivity index (χ0v) is 9.73. The first kappa shape index (κ1) is 12.5. The molecule has 1 unspecified atom stereocenters. The molecule has 2 N–H and O–H groups in total. The zero-order chi connectivity index (χ0) is 12.0. The summed E-state index contributed by atoms with van der Waals surface area (Å²) < 4.78 is 0. The Kier molecular flexibility index (Phi) is 4.76. The van der Waals surface area contributed by atoms with Gasteiger partial charge in [-0.2, -0.15) is 0 Å². The Labute approximate surface area is 95.7 Å². The zero-order valence-electron chi connectivity index (χ0n) is 9.73. The van der Waals surface area contributed by atoms with Crippen LogP contribution in [-0.2, 0) is 4.79 Å². The van der Waals surface area contributed by atoms with Crippen molar-refractivity contribution in [2.24, 2.45) is 0 Å². The predicted octanol–water partition coefficient (Wildman–Crippen LogP) is 2.45. The highest BCUT2D eigenvalue weighted by Crippen LogP contribution is 2.11. The van der Waals surface area contributed by atoms with E-state index in [0.29, 0.717) is 0 Å². The van der Waals surface area contributed by atoms with Crippen LogP contribution in [0.4, 0.5) is 5.82 Å². The van der Waals surface area contributed by atoms with E-state index in [9.17, 15) is 4.79 Å². The van der Waals surface area contributed by atoms with Crippen LogP contribution >= 0.6 is 0 Å². The fourth-order valence-electron chi connectivity index (χ4n) is 1.55. The van der Waals surface area contributed by atoms with Crippen molar-refractivity contribution in [2.45, 2.75) is 39.2 Å². The number of carbonyl (C=O) groups is 1. The number of nitrogens with zero attached hydrogens (tertiary/aromatic N) is 1. The second kappa shape index (κ2) is 6.10. The summed E-state index contributed by atoms with van der Waals surface area (Å²) in [4.78, 5) is 14.9. The number of carboxylic acids is 1. The third-order valence-electron chi connectivity index (χ3n) is 2.32. The Morgan fingerprint density at radius 3 is 2.81 bits per heavy atom. The molecule has 0 aliphatic heterocycles. The van der Waals surface area contributed by atoms with E-state index in [-0.39, 0.29) is 12.5 Å². The van der Waals surface area contributed by atoms with Crippen LogP contribution < -0.4 is 5.32 Å². The molecular weight excluding hydrogens is 204 g/mol. The number of rotatable bonds is 6. The molecule has 0 saturated carbocycles. The molecule has 1 aromatic heterocycles. The molecule has 0 amide bonds. The first-order chi connectivity index (χ1) is 7.61. The van der Waals surface area contributed by atoms with Crippen molar-refractivity contribution >= 4 is 11.8 Å². The lowest BCUT2D eigenvalue weighted by Gasteiger charge is -2.16. The Hall–Kier alpha value is -1.58. The number of aromatic nitrogens is 1. The lowest BCUT2D eigenvalue weighted by Crippen LogP contribution is -2.23. The molecule has 1 aromatic rings. The summed E-state index contributed by atoms with van der Waals surface area (Å²) in [5.41, 5.74) is 1.09. The van der Waals surface area contributed by atoms with Gasteiger partial charge < -0.3 is 10.4 Å². The van der Waals surface area contributed by atoms with Crippen molar-refractivity contribution in [1.29, 1.82) is 0 Å². The minimum atomic E-state index is -0.780. The quantitative estimate of drug-likeness (QED) is 0.776. The Morgan fingerprint density at radius 2 is 2.31 bits per heavy atom. The third kappa shape index (κ3) is 4.29. The molecule has 0 fully saturated rings. The van der Waals surface area contributed by atoms with Crippen molar-refractivity contribution in [1.82, 2.24) is 4.98 Å². The van der Waals surface area contributed by atoms with Gasteiger partial charge in [-0.25, -0.2) is 4.98 Å². The van der Waals surface area contributed by atoms with E-state index < -0.39 is 5.97 Å². The SMILES string of the molecule is CCCC(CC(=O)O)Nc1ccc(C)cn1. The lowest BCUT2D eigenvalue weighted by molar-refractivity contribution is -0.137. The summed E-state index contributed by atoms with van der Waals surface area (Å²) in [7, 11) is 0. The molecule has 4 heteroatoms. The molecule has 0 bridgehead atoms. The molecule has 1 atom stereocenters. The largest absolute Gasteiger partial charge is 0.481 e. The van der Waals surface area contributed by atoms with Crippen LogP contribution in [0.5, 0.6) is 0 Å². The topological polar surface area (TPSA) is 62.2 Å². The molecular formula is C12H18N2O2. The molecule has 0 aromatic carbocycles. The Morgan fingerprint density at radius 1 is 1.56 bits per heavy atom. The molecule has 0 aliphatic carbocycles. The van der Waals surface area contributed by atoms with E-state index in [1.165, 1.54) is 0 Å². The molecule has 16 heavy (non-hydrogen) atoms. The molecule has 4 nitrogen and oxygen atoms in total. The van der Waals surface area contributed by atoms with Crippen LogP contribution in [0.15, 0.2) is 18.3 Å². The number of pyridine rings is 1. The first-order valence-corrected chi connectivity index (χ1v) is 5.52. The van der Waals surface area contributed by atoms with Gasteiger partial charge in [0.1, 0.15) is 5.82 Å². The van der Waals surface area contributed by atoms with Crippen LogP contribution in [0, 0.1) is 6.92 Å². The Bertz CT molecular complexity index is 335. The molecule has 0 spiro atoms. The summed E-state index contributed by atoms with van der Waals surface area (Å²) in [6.07, 6.45) is 3.69. The van der Waals surface area contributed by atoms with Gasteiger partial charge in [0, 0.05) is 12.2 Å². The van der Waals surface area contributed by atoms with Gasteiger partial charge in [-0.3, -0.25) is 4.79 Å². The molecule has 0 saturated heterocycles. The maximum Gasteiger partial charge on any atom is 0.305 e. The summed E-state index contributed by atoms with van der Waals surface area (Å²) in [5.74, 6) is -0.0386. The lowest BCUT2D eigenvalue weighted by atomic mass is 10.1. The minimum Gasteiger partial charge on any atom is -0.481 e. The molecule has 1 rings (SSSR count). The molecule has 0 radical (unpaired) electrons. The van der Waals surface area contributed by atoms with Crippen molar-refractivity contribution in [2.75, 3.05) is 5.32 Å². The van der Waals surface area contributed by atoms with Crippen LogP contribution in [0.3, 0.4) is 0 Å². The van der Waals surface area contributed by atoms with Gasteiger partial charge in [0.2, 0.25) is 0 Å². The fraction of sp³-hybridized carbons (Fsp3) is 0.500. The Balaban J connectivity index is 2.59. The smallest absolute Gasteiger partial charge is 0.305 e. The van der Waals surface area contributed by atoms with Gasteiger partial charge in [0.05, 0.1) is 6.42 Å². The molecule has 1 heterocycles. The number of hydrogen-bond acceptors (Lipinski definition) is 3. The summed E-state index contributed by atoms with van der Waals surface area (Å²) in [6, 6.07) is 3.79. The molecule has 88 valence electrons. The van der Waals surface area contributed by atoms with E-state index >= 15 is 0 Å². The average molecular weight is 222 g/mol. The van der Waals surface area contributed by atoms with Crippen LogP contribution in [0.1, 0.15) is 31.7 Å². The molecule has 0 aliphatic rings. The van der Waals surface area contributed by atoms with Gasteiger partial charge >= 0.3 is 5.97 Å². The van der Waals surface area contributed by atoms with E-state index in [0.717, 1.165) is 24.2 Å². The highest BCUT2D eigenvalue weighted by atomic mass is 16.4. The van der Waals surface area contributed by atoms with Gasteiger partial charge in [-0.1, -0.05) is 19.4 Å². The predicted molar refractivity (Wildman–Crippen MR) is 63.5 cm³/mol. The number of carboxylic acid groups (broad SMARTS) is 1. The normalized spacial score (nSPS) is 12.1. The number of anilines is 1. The minimum absolute atomic E-state index is 0.0438. The monoisotopic (exact) mass is 222 g/mol. The summed E-state index contributed by atoms with van der Waals surface area (Å²) in [6.45, 7) is 4.01. The van der Waals surface area contributed by atoms with Crippen LogP contribution in [0.25, 0.3) is 0 Å².